The highest BCUT2D eigenvalue weighted by molar-refractivity contribution is 5.80. The summed E-state index contributed by atoms with van der Waals surface area (Å²) in [5, 5.41) is 15.6. The fourth-order valence-corrected chi connectivity index (χ4v) is 4.11. The van der Waals surface area contributed by atoms with Gasteiger partial charge >= 0.3 is 0 Å². The average Bonchev–Trinajstić information content (AvgIpc) is 3.32. The number of guanidine groups is 1. The SMILES string of the molecule is Cc1nnc(CNC(=NCc2ccccc2)NC2CC(C)N(Cc3ccccc3)C2)n1C. The van der Waals surface area contributed by atoms with Crippen molar-refractivity contribution in [3.8, 4) is 0 Å². The van der Waals surface area contributed by atoms with E-state index in [-0.39, 0.29) is 0 Å². The molecule has 0 amide bonds. The number of aromatic nitrogens is 3. The summed E-state index contributed by atoms with van der Waals surface area (Å²) in [5.41, 5.74) is 2.54. The predicted molar refractivity (Wildman–Crippen MR) is 128 cm³/mol. The summed E-state index contributed by atoms with van der Waals surface area (Å²) in [7, 11) is 1.99. The third-order valence-electron chi connectivity index (χ3n) is 6.13. The van der Waals surface area contributed by atoms with Gasteiger partial charge in [0.25, 0.3) is 0 Å². The number of likely N-dealkylation sites (tertiary alicyclic amines) is 1. The summed E-state index contributed by atoms with van der Waals surface area (Å²) in [5.74, 6) is 2.61. The second-order valence-electron chi connectivity index (χ2n) is 8.57. The minimum absolute atomic E-state index is 0.344. The largest absolute Gasteiger partial charge is 0.352 e. The quantitative estimate of drug-likeness (QED) is 0.445. The van der Waals surface area contributed by atoms with Crippen LogP contribution in [0.3, 0.4) is 0 Å². The standard InChI is InChI=1S/C25H33N7/c1-19-14-23(18-32(19)17-22-12-8-5-9-13-22)28-25(26-15-21-10-6-4-7-11-21)27-16-24-30-29-20(2)31(24)3/h4-13,19,23H,14-18H2,1-3H3,(H2,26,27,28). The molecule has 0 radical (unpaired) electrons. The molecule has 2 aromatic carbocycles. The van der Waals surface area contributed by atoms with E-state index in [1.807, 2.05) is 36.7 Å². The Balaban J connectivity index is 1.41. The Morgan fingerprint density at radius 1 is 1.03 bits per heavy atom. The molecule has 32 heavy (non-hydrogen) atoms. The van der Waals surface area contributed by atoms with Crippen molar-refractivity contribution in [2.24, 2.45) is 12.0 Å². The van der Waals surface area contributed by atoms with Gasteiger partial charge in [-0.2, -0.15) is 0 Å². The molecule has 1 aliphatic heterocycles. The summed E-state index contributed by atoms with van der Waals surface area (Å²) >= 11 is 0. The zero-order valence-corrected chi connectivity index (χ0v) is 19.2. The number of benzene rings is 2. The molecule has 0 bridgehead atoms. The number of hydrogen-bond donors (Lipinski definition) is 2. The molecule has 0 spiro atoms. The molecule has 3 aromatic rings. The number of aliphatic imine (C=N–C) groups is 1. The highest BCUT2D eigenvalue weighted by atomic mass is 15.3. The summed E-state index contributed by atoms with van der Waals surface area (Å²) in [6.07, 6.45) is 1.09. The molecule has 7 nitrogen and oxygen atoms in total. The molecule has 168 valence electrons. The van der Waals surface area contributed by atoms with E-state index in [1.165, 1.54) is 11.1 Å². The molecule has 1 saturated heterocycles. The van der Waals surface area contributed by atoms with Crippen molar-refractivity contribution in [3.05, 3.63) is 83.4 Å². The lowest BCUT2D eigenvalue weighted by atomic mass is 10.2. The van der Waals surface area contributed by atoms with Gasteiger partial charge in [-0.05, 0) is 31.4 Å². The molecule has 2 unspecified atom stereocenters. The highest BCUT2D eigenvalue weighted by Gasteiger charge is 2.29. The summed E-state index contributed by atoms with van der Waals surface area (Å²) in [6.45, 7) is 7.44. The first-order chi connectivity index (χ1) is 15.6. The normalized spacial score (nSPS) is 19.3. The molecule has 1 fully saturated rings. The Morgan fingerprint density at radius 2 is 1.72 bits per heavy atom. The first kappa shape index (κ1) is 22.0. The zero-order valence-electron chi connectivity index (χ0n) is 19.2. The highest BCUT2D eigenvalue weighted by Crippen LogP contribution is 2.20. The molecular formula is C25H33N7. The summed E-state index contributed by atoms with van der Waals surface area (Å²) < 4.78 is 2.00. The second kappa shape index (κ2) is 10.4. The maximum atomic E-state index is 4.86. The van der Waals surface area contributed by atoms with Gasteiger partial charge in [-0.1, -0.05) is 60.7 Å². The van der Waals surface area contributed by atoms with Crippen molar-refractivity contribution in [3.63, 3.8) is 0 Å². The fourth-order valence-electron chi connectivity index (χ4n) is 4.11. The molecule has 1 aromatic heterocycles. The first-order valence-electron chi connectivity index (χ1n) is 11.3. The van der Waals surface area contributed by atoms with E-state index in [4.69, 9.17) is 4.99 Å². The van der Waals surface area contributed by atoms with Crippen LogP contribution in [0.15, 0.2) is 65.7 Å². The Hall–Kier alpha value is -3.19. The molecule has 7 heteroatoms. The zero-order chi connectivity index (χ0) is 22.3. The summed E-state index contributed by atoms with van der Waals surface area (Å²) in [4.78, 5) is 7.40. The Bertz CT molecular complexity index is 1010. The van der Waals surface area contributed by atoms with E-state index >= 15 is 0 Å². The molecule has 0 aliphatic carbocycles. The maximum absolute atomic E-state index is 4.86. The van der Waals surface area contributed by atoms with E-state index in [9.17, 15) is 0 Å². The number of nitrogens with zero attached hydrogens (tertiary/aromatic N) is 5. The van der Waals surface area contributed by atoms with Gasteiger partial charge in [-0.15, -0.1) is 10.2 Å². The van der Waals surface area contributed by atoms with Gasteiger partial charge in [0.2, 0.25) is 0 Å². The Morgan fingerprint density at radius 3 is 2.38 bits per heavy atom. The van der Waals surface area contributed by atoms with Crippen LogP contribution in [0.5, 0.6) is 0 Å². The van der Waals surface area contributed by atoms with Gasteiger partial charge in [-0.25, -0.2) is 4.99 Å². The lowest BCUT2D eigenvalue weighted by molar-refractivity contribution is 0.258. The maximum Gasteiger partial charge on any atom is 0.192 e. The minimum Gasteiger partial charge on any atom is -0.352 e. The van der Waals surface area contributed by atoms with Crippen molar-refractivity contribution in [1.29, 1.82) is 0 Å². The lowest BCUT2D eigenvalue weighted by Gasteiger charge is -2.21. The van der Waals surface area contributed by atoms with Crippen molar-refractivity contribution in [2.45, 2.75) is 52.0 Å². The molecule has 2 heterocycles. The number of nitrogens with one attached hydrogen (secondary N) is 2. The van der Waals surface area contributed by atoms with Crippen LogP contribution in [0.25, 0.3) is 0 Å². The predicted octanol–water partition coefficient (Wildman–Crippen LogP) is 3.02. The third kappa shape index (κ3) is 5.73. The van der Waals surface area contributed by atoms with Crippen LogP contribution in [0.2, 0.25) is 0 Å². The third-order valence-corrected chi connectivity index (χ3v) is 6.13. The Kier molecular flexibility index (Phi) is 7.17. The molecule has 0 saturated carbocycles. The van der Waals surface area contributed by atoms with Crippen molar-refractivity contribution >= 4 is 5.96 Å². The minimum atomic E-state index is 0.344. The molecule has 2 N–H and O–H groups in total. The van der Waals surface area contributed by atoms with Gasteiger partial charge in [-0.3, -0.25) is 4.90 Å². The molecular weight excluding hydrogens is 398 g/mol. The Labute approximate surface area is 190 Å². The van der Waals surface area contributed by atoms with Gasteiger partial charge in [0.05, 0.1) is 13.1 Å². The van der Waals surface area contributed by atoms with Gasteiger partial charge < -0.3 is 15.2 Å². The van der Waals surface area contributed by atoms with Crippen molar-refractivity contribution < 1.29 is 0 Å². The monoisotopic (exact) mass is 431 g/mol. The van der Waals surface area contributed by atoms with Gasteiger partial charge in [0, 0.05) is 32.2 Å². The van der Waals surface area contributed by atoms with Crippen LogP contribution >= 0.6 is 0 Å². The number of aryl methyl sites for hydroxylation is 1. The van der Waals surface area contributed by atoms with Crippen LogP contribution in [0.1, 0.15) is 36.1 Å². The van der Waals surface area contributed by atoms with E-state index in [0.717, 1.165) is 37.1 Å². The fraction of sp³-hybridized carbons (Fsp3) is 0.400. The van der Waals surface area contributed by atoms with Crippen LogP contribution in [-0.2, 0) is 26.7 Å². The van der Waals surface area contributed by atoms with E-state index in [0.29, 0.717) is 25.2 Å². The van der Waals surface area contributed by atoms with Crippen LogP contribution in [0, 0.1) is 6.92 Å². The van der Waals surface area contributed by atoms with E-state index in [2.05, 4.69) is 75.1 Å². The van der Waals surface area contributed by atoms with Crippen LogP contribution in [-0.4, -0.2) is 44.3 Å². The first-order valence-corrected chi connectivity index (χ1v) is 11.3. The number of hydrogen-bond acceptors (Lipinski definition) is 4. The van der Waals surface area contributed by atoms with E-state index < -0.39 is 0 Å². The molecule has 1 aliphatic rings. The average molecular weight is 432 g/mol. The number of rotatable bonds is 7. The van der Waals surface area contributed by atoms with Crippen LogP contribution in [0.4, 0.5) is 0 Å². The van der Waals surface area contributed by atoms with Gasteiger partial charge in [0.15, 0.2) is 11.8 Å². The smallest absolute Gasteiger partial charge is 0.192 e. The van der Waals surface area contributed by atoms with Crippen molar-refractivity contribution in [1.82, 2.24) is 30.3 Å². The van der Waals surface area contributed by atoms with E-state index in [1.54, 1.807) is 0 Å². The lowest BCUT2D eigenvalue weighted by Crippen LogP contribution is -2.44. The van der Waals surface area contributed by atoms with Crippen molar-refractivity contribution in [2.75, 3.05) is 6.54 Å². The molecule has 2 atom stereocenters. The van der Waals surface area contributed by atoms with Crippen LogP contribution < -0.4 is 10.6 Å². The topological polar surface area (TPSA) is 70.4 Å². The molecule has 4 rings (SSSR count). The van der Waals surface area contributed by atoms with Gasteiger partial charge in [0.1, 0.15) is 5.82 Å². The summed E-state index contributed by atoms with van der Waals surface area (Å²) in [6, 6.07) is 21.9. The second-order valence-corrected chi connectivity index (χ2v) is 8.57.